The predicted octanol–water partition coefficient (Wildman–Crippen LogP) is 7.19. The predicted molar refractivity (Wildman–Crippen MR) is 148 cm³/mol. The van der Waals surface area contributed by atoms with Gasteiger partial charge in [-0.2, -0.15) is 0 Å². The summed E-state index contributed by atoms with van der Waals surface area (Å²) in [5.74, 6) is 0.882. The number of methoxy groups -OCH3 is 1. The second-order valence-electron chi connectivity index (χ2n) is 9.20. The first-order chi connectivity index (χ1) is 17.9. The number of amides is 1. The Kier molecular flexibility index (Phi) is 7.07. The summed E-state index contributed by atoms with van der Waals surface area (Å²) in [6.45, 7) is 4.71. The molecule has 0 aliphatic carbocycles. The normalized spacial score (nSPS) is 14.8. The summed E-state index contributed by atoms with van der Waals surface area (Å²) >= 11 is 3.44. The lowest BCUT2D eigenvalue weighted by molar-refractivity contribution is 0.0971. The number of ether oxygens (including phenoxy) is 2. The Morgan fingerprint density at radius 2 is 1.84 bits per heavy atom. The van der Waals surface area contributed by atoms with E-state index < -0.39 is 6.04 Å². The van der Waals surface area contributed by atoms with Crippen LogP contribution in [-0.4, -0.2) is 19.6 Å². The maximum absolute atomic E-state index is 13.9. The van der Waals surface area contributed by atoms with Crippen molar-refractivity contribution in [2.24, 2.45) is 0 Å². The van der Waals surface area contributed by atoms with Crippen LogP contribution in [0.25, 0.3) is 11.0 Å². The Morgan fingerprint density at radius 3 is 2.59 bits per heavy atom. The third kappa shape index (κ3) is 4.64. The molecule has 0 spiro atoms. The van der Waals surface area contributed by atoms with Crippen molar-refractivity contribution >= 4 is 38.5 Å². The summed E-state index contributed by atoms with van der Waals surface area (Å²) < 4.78 is 18.5. The van der Waals surface area contributed by atoms with Gasteiger partial charge in [-0.25, -0.2) is 0 Å². The number of halogens is 1. The van der Waals surface area contributed by atoms with Crippen LogP contribution in [0.2, 0.25) is 0 Å². The van der Waals surface area contributed by atoms with E-state index in [0.717, 1.165) is 34.9 Å². The lowest BCUT2D eigenvalue weighted by atomic mass is 9.97. The van der Waals surface area contributed by atoms with E-state index in [0.29, 0.717) is 40.3 Å². The smallest absolute Gasteiger partial charge is 0.295 e. The van der Waals surface area contributed by atoms with Gasteiger partial charge in [0.25, 0.3) is 5.91 Å². The first kappa shape index (κ1) is 25.1. The number of unbranched alkanes of at least 4 members (excludes halogenated alkanes) is 2. The van der Waals surface area contributed by atoms with Crippen LogP contribution in [0.4, 0.5) is 5.69 Å². The zero-order valence-electron chi connectivity index (χ0n) is 21.0. The van der Waals surface area contributed by atoms with Crippen LogP contribution in [-0.2, 0) is 0 Å². The molecule has 1 aliphatic rings. The largest absolute Gasteiger partial charge is 0.493 e. The van der Waals surface area contributed by atoms with Crippen molar-refractivity contribution in [3.05, 3.63) is 97.8 Å². The van der Waals surface area contributed by atoms with E-state index in [1.165, 1.54) is 0 Å². The zero-order valence-corrected chi connectivity index (χ0v) is 22.6. The van der Waals surface area contributed by atoms with E-state index in [4.69, 9.17) is 13.9 Å². The van der Waals surface area contributed by atoms with Gasteiger partial charge in [0.2, 0.25) is 5.76 Å². The highest BCUT2D eigenvalue weighted by Crippen LogP contribution is 2.43. The summed E-state index contributed by atoms with van der Waals surface area (Å²) in [6.07, 6.45) is 3.15. The molecule has 1 amide bonds. The fourth-order valence-electron chi connectivity index (χ4n) is 4.81. The fourth-order valence-corrected chi connectivity index (χ4v) is 5.17. The van der Waals surface area contributed by atoms with Crippen LogP contribution in [0.5, 0.6) is 11.5 Å². The van der Waals surface area contributed by atoms with Crippen molar-refractivity contribution in [1.29, 1.82) is 0 Å². The van der Waals surface area contributed by atoms with Gasteiger partial charge in [0, 0.05) is 10.2 Å². The molecule has 190 valence electrons. The van der Waals surface area contributed by atoms with E-state index in [-0.39, 0.29) is 17.1 Å². The maximum atomic E-state index is 13.9. The number of hydrogen-bond donors (Lipinski definition) is 0. The van der Waals surface area contributed by atoms with E-state index >= 15 is 0 Å². The Morgan fingerprint density at radius 1 is 1.00 bits per heavy atom. The molecular weight excluding hydrogens is 534 g/mol. The second kappa shape index (κ2) is 10.4. The third-order valence-corrected chi connectivity index (χ3v) is 7.11. The summed E-state index contributed by atoms with van der Waals surface area (Å²) in [6, 6.07) is 17.8. The van der Waals surface area contributed by atoms with Gasteiger partial charge in [0.05, 0.1) is 30.7 Å². The maximum Gasteiger partial charge on any atom is 0.295 e. The molecule has 0 saturated heterocycles. The van der Waals surface area contributed by atoms with Gasteiger partial charge >= 0.3 is 0 Å². The molecule has 2 heterocycles. The molecule has 4 aromatic rings. The van der Waals surface area contributed by atoms with Crippen LogP contribution in [0.1, 0.15) is 59.5 Å². The Hall–Kier alpha value is -3.58. The summed E-state index contributed by atoms with van der Waals surface area (Å²) in [4.78, 5) is 29.3. The topological polar surface area (TPSA) is 69.0 Å². The molecule has 0 saturated carbocycles. The average molecular weight is 562 g/mol. The van der Waals surface area contributed by atoms with Gasteiger partial charge in [-0.15, -0.1) is 0 Å². The first-order valence-corrected chi connectivity index (χ1v) is 13.2. The monoisotopic (exact) mass is 561 g/mol. The van der Waals surface area contributed by atoms with E-state index in [2.05, 4.69) is 22.9 Å². The number of carbonyl (C=O) groups is 1. The van der Waals surface area contributed by atoms with Crippen LogP contribution in [0.3, 0.4) is 0 Å². The van der Waals surface area contributed by atoms with Crippen molar-refractivity contribution in [3.63, 3.8) is 0 Å². The molecule has 1 aromatic heterocycles. The second-order valence-corrected chi connectivity index (χ2v) is 10.1. The molecule has 1 unspecified atom stereocenters. The van der Waals surface area contributed by atoms with Crippen molar-refractivity contribution in [1.82, 2.24) is 0 Å². The molecular formula is C30H28BrNO5. The highest BCUT2D eigenvalue weighted by atomic mass is 79.9. The SMILES string of the molecule is CCCCCOc1ccc(C2c3c(oc4ccc(Br)cc4c3=O)C(=O)N2c2cccc(C)c2)cc1OC. The van der Waals surface area contributed by atoms with Gasteiger partial charge < -0.3 is 13.9 Å². The number of aryl methyl sites for hydroxylation is 1. The quantitative estimate of drug-likeness (QED) is 0.213. The highest BCUT2D eigenvalue weighted by molar-refractivity contribution is 9.10. The molecule has 0 radical (unpaired) electrons. The molecule has 37 heavy (non-hydrogen) atoms. The summed E-state index contributed by atoms with van der Waals surface area (Å²) in [5, 5.41) is 0.417. The van der Waals surface area contributed by atoms with E-state index in [1.54, 1.807) is 30.2 Å². The third-order valence-electron chi connectivity index (χ3n) is 6.62. The minimum atomic E-state index is -0.688. The van der Waals surface area contributed by atoms with Crippen LogP contribution >= 0.6 is 15.9 Å². The molecule has 5 rings (SSSR count). The van der Waals surface area contributed by atoms with Gasteiger partial charge in [-0.05, 0) is 66.9 Å². The van der Waals surface area contributed by atoms with E-state index in [9.17, 15) is 9.59 Å². The number of benzene rings is 3. The molecule has 0 N–H and O–H groups in total. The van der Waals surface area contributed by atoms with E-state index in [1.807, 2.05) is 49.4 Å². The van der Waals surface area contributed by atoms with Crippen LogP contribution in [0, 0.1) is 6.92 Å². The Labute approximate surface area is 223 Å². The van der Waals surface area contributed by atoms with Crippen LogP contribution in [0.15, 0.2) is 74.3 Å². The lowest BCUT2D eigenvalue weighted by Crippen LogP contribution is -2.29. The standard InChI is InChI=1S/C30H28BrNO5/c1-4-5-6-14-36-24-12-10-19(16-25(24)35-3)27-26-28(33)22-17-20(31)11-13-23(22)37-29(26)30(34)32(27)21-9-7-8-18(2)15-21/h7-13,15-17,27H,4-6,14H2,1-3H3. The Bertz CT molecular complexity index is 1540. The molecule has 1 aliphatic heterocycles. The highest BCUT2D eigenvalue weighted by Gasteiger charge is 2.44. The molecule has 1 atom stereocenters. The molecule has 3 aromatic carbocycles. The van der Waals surface area contributed by atoms with Crippen molar-refractivity contribution in [2.75, 3.05) is 18.6 Å². The number of rotatable bonds is 8. The van der Waals surface area contributed by atoms with Gasteiger partial charge in [0.15, 0.2) is 16.9 Å². The number of nitrogens with zero attached hydrogens (tertiary/aromatic N) is 1. The molecule has 0 bridgehead atoms. The fraction of sp³-hybridized carbons (Fsp3) is 0.267. The zero-order chi connectivity index (χ0) is 26.1. The van der Waals surface area contributed by atoms with Crippen LogP contribution < -0.4 is 19.8 Å². The van der Waals surface area contributed by atoms with Gasteiger partial charge in [-0.1, -0.05) is 53.9 Å². The average Bonchev–Trinajstić information content (AvgIpc) is 3.19. The molecule has 0 fully saturated rings. The lowest BCUT2D eigenvalue weighted by Gasteiger charge is -2.26. The van der Waals surface area contributed by atoms with Crippen molar-refractivity contribution in [2.45, 2.75) is 39.2 Å². The summed E-state index contributed by atoms with van der Waals surface area (Å²) in [7, 11) is 1.59. The number of anilines is 1. The molecule has 7 heteroatoms. The molecule has 6 nitrogen and oxygen atoms in total. The van der Waals surface area contributed by atoms with Gasteiger partial charge in [0.1, 0.15) is 5.58 Å². The van der Waals surface area contributed by atoms with Gasteiger partial charge in [-0.3, -0.25) is 14.5 Å². The van der Waals surface area contributed by atoms with Crippen molar-refractivity contribution in [3.8, 4) is 11.5 Å². The number of hydrogen-bond acceptors (Lipinski definition) is 5. The number of fused-ring (bicyclic) bond motifs is 2. The Balaban J connectivity index is 1.68. The first-order valence-electron chi connectivity index (χ1n) is 12.4. The minimum absolute atomic E-state index is 0.0604. The van der Waals surface area contributed by atoms with Crippen molar-refractivity contribution < 1.29 is 18.7 Å². The summed E-state index contributed by atoms with van der Waals surface area (Å²) in [5.41, 5.74) is 2.87. The minimum Gasteiger partial charge on any atom is -0.493 e. The number of carbonyl (C=O) groups excluding carboxylic acids is 1.